The molecule has 1 amide bonds. The van der Waals surface area contributed by atoms with Gasteiger partial charge in [0, 0.05) is 30.7 Å². The third kappa shape index (κ3) is 3.80. The van der Waals surface area contributed by atoms with E-state index < -0.39 is 0 Å². The Balaban J connectivity index is 1.69. The summed E-state index contributed by atoms with van der Waals surface area (Å²) in [6.45, 7) is 1.45. The number of benzene rings is 1. The standard InChI is InChI=1S/C15H14FN5OS2/c1-9(22)17-14-18-12(7-23-14)8-24-15-20-19-13(21(15)2)10-3-5-11(16)6-4-10/h3-7H,8H2,1-2H3,(H,17,18,22). The number of halogens is 1. The largest absolute Gasteiger partial charge is 0.305 e. The normalized spacial score (nSPS) is 10.8. The fourth-order valence-corrected chi connectivity index (χ4v) is 3.68. The average Bonchev–Trinajstić information content (AvgIpc) is 3.12. The topological polar surface area (TPSA) is 72.7 Å². The van der Waals surface area contributed by atoms with Crippen LogP contribution in [0.1, 0.15) is 12.6 Å². The van der Waals surface area contributed by atoms with Crippen molar-refractivity contribution in [2.75, 3.05) is 5.32 Å². The van der Waals surface area contributed by atoms with Crippen LogP contribution in [-0.4, -0.2) is 25.7 Å². The highest BCUT2D eigenvalue weighted by Crippen LogP contribution is 2.26. The summed E-state index contributed by atoms with van der Waals surface area (Å²) >= 11 is 2.88. The van der Waals surface area contributed by atoms with E-state index in [4.69, 9.17) is 0 Å². The van der Waals surface area contributed by atoms with E-state index in [1.54, 1.807) is 12.1 Å². The van der Waals surface area contributed by atoms with Crippen molar-refractivity contribution in [1.82, 2.24) is 19.7 Å². The number of amides is 1. The van der Waals surface area contributed by atoms with Crippen molar-refractivity contribution in [2.24, 2.45) is 7.05 Å². The quantitative estimate of drug-likeness (QED) is 0.704. The molecule has 0 radical (unpaired) electrons. The van der Waals surface area contributed by atoms with Gasteiger partial charge in [-0.3, -0.25) is 4.79 Å². The number of carbonyl (C=O) groups excluding carboxylic acids is 1. The predicted octanol–water partition coefficient (Wildman–Crippen LogP) is 3.33. The van der Waals surface area contributed by atoms with Crippen LogP contribution in [0.4, 0.5) is 9.52 Å². The summed E-state index contributed by atoms with van der Waals surface area (Å²) in [6, 6.07) is 6.15. The van der Waals surface area contributed by atoms with Crippen LogP contribution in [0.15, 0.2) is 34.8 Å². The number of aromatic nitrogens is 4. The lowest BCUT2D eigenvalue weighted by molar-refractivity contribution is -0.114. The first-order chi connectivity index (χ1) is 11.5. The van der Waals surface area contributed by atoms with Gasteiger partial charge in [0.05, 0.1) is 5.69 Å². The van der Waals surface area contributed by atoms with Crippen LogP contribution in [0, 0.1) is 5.82 Å². The number of rotatable bonds is 5. The molecule has 124 valence electrons. The Kier molecular flexibility index (Phi) is 4.91. The maximum absolute atomic E-state index is 13.0. The van der Waals surface area contributed by atoms with Gasteiger partial charge in [-0.1, -0.05) is 11.8 Å². The van der Waals surface area contributed by atoms with Gasteiger partial charge in [-0.2, -0.15) is 0 Å². The van der Waals surface area contributed by atoms with Gasteiger partial charge in [0.1, 0.15) is 5.82 Å². The van der Waals surface area contributed by atoms with Gasteiger partial charge in [0.2, 0.25) is 5.91 Å². The highest BCUT2D eigenvalue weighted by Gasteiger charge is 2.12. The van der Waals surface area contributed by atoms with E-state index >= 15 is 0 Å². The van der Waals surface area contributed by atoms with Gasteiger partial charge in [0.25, 0.3) is 0 Å². The second kappa shape index (κ2) is 7.10. The minimum Gasteiger partial charge on any atom is -0.305 e. The maximum atomic E-state index is 13.0. The number of thioether (sulfide) groups is 1. The van der Waals surface area contributed by atoms with Crippen molar-refractivity contribution < 1.29 is 9.18 Å². The molecule has 0 unspecified atom stereocenters. The molecule has 2 aromatic heterocycles. The second-order valence-electron chi connectivity index (χ2n) is 4.99. The van der Waals surface area contributed by atoms with Crippen LogP contribution in [0.3, 0.4) is 0 Å². The first-order valence-corrected chi connectivity index (χ1v) is 8.89. The van der Waals surface area contributed by atoms with E-state index in [0.29, 0.717) is 16.7 Å². The zero-order valence-corrected chi connectivity index (χ0v) is 14.6. The van der Waals surface area contributed by atoms with Crippen LogP contribution in [0.2, 0.25) is 0 Å². The molecule has 2 heterocycles. The molecular weight excluding hydrogens is 349 g/mol. The molecular formula is C15H14FN5OS2. The Labute approximate surface area is 146 Å². The summed E-state index contributed by atoms with van der Waals surface area (Å²) in [4.78, 5) is 15.3. The summed E-state index contributed by atoms with van der Waals surface area (Å²) in [6.07, 6.45) is 0. The molecule has 3 rings (SSSR count). The SMILES string of the molecule is CC(=O)Nc1nc(CSc2nnc(-c3ccc(F)cc3)n2C)cs1. The Hall–Kier alpha value is -2.26. The first-order valence-electron chi connectivity index (χ1n) is 7.03. The number of nitrogens with zero attached hydrogens (tertiary/aromatic N) is 4. The van der Waals surface area contributed by atoms with Crippen LogP contribution >= 0.6 is 23.1 Å². The Morgan fingerprint density at radius 3 is 2.79 bits per heavy atom. The average molecular weight is 363 g/mol. The zero-order chi connectivity index (χ0) is 17.1. The Morgan fingerprint density at radius 2 is 2.08 bits per heavy atom. The number of anilines is 1. The third-order valence-electron chi connectivity index (χ3n) is 3.12. The number of hydrogen-bond acceptors (Lipinski definition) is 6. The molecule has 0 saturated carbocycles. The lowest BCUT2D eigenvalue weighted by Crippen LogP contribution is -2.05. The number of carbonyl (C=O) groups is 1. The first kappa shape index (κ1) is 16.6. The molecule has 0 aliphatic carbocycles. The molecule has 0 aliphatic heterocycles. The lowest BCUT2D eigenvalue weighted by Gasteiger charge is -2.03. The molecule has 6 nitrogen and oxygen atoms in total. The summed E-state index contributed by atoms with van der Waals surface area (Å²) in [5.74, 6) is 0.871. The molecule has 9 heteroatoms. The van der Waals surface area contributed by atoms with E-state index in [0.717, 1.165) is 16.4 Å². The van der Waals surface area contributed by atoms with Gasteiger partial charge in [-0.25, -0.2) is 9.37 Å². The van der Waals surface area contributed by atoms with E-state index in [2.05, 4.69) is 20.5 Å². The van der Waals surface area contributed by atoms with Gasteiger partial charge in [-0.15, -0.1) is 21.5 Å². The molecule has 0 bridgehead atoms. The van der Waals surface area contributed by atoms with E-state index in [-0.39, 0.29) is 11.7 Å². The van der Waals surface area contributed by atoms with Crippen molar-refractivity contribution in [1.29, 1.82) is 0 Å². The molecule has 0 saturated heterocycles. The maximum Gasteiger partial charge on any atom is 0.223 e. The lowest BCUT2D eigenvalue weighted by atomic mass is 10.2. The molecule has 0 spiro atoms. The number of hydrogen-bond donors (Lipinski definition) is 1. The fraction of sp³-hybridized carbons (Fsp3) is 0.200. The number of nitrogens with one attached hydrogen (secondary N) is 1. The monoisotopic (exact) mass is 363 g/mol. The minimum atomic E-state index is -0.283. The third-order valence-corrected chi connectivity index (χ3v) is 4.98. The summed E-state index contributed by atoms with van der Waals surface area (Å²) in [5, 5.41) is 14.2. The number of thiazole rings is 1. The van der Waals surface area contributed by atoms with Crippen molar-refractivity contribution >= 4 is 34.1 Å². The van der Waals surface area contributed by atoms with Crippen molar-refractivity contribution in [3.63, 3.8) is 0 Å². The molecule has 1 aromatic carbocycles. The summed E-state index contributed by atoms with van der Waals surface area (Å²) in [5.41, 5.74) is 1.67. The molecule has 0 aliphatic rings. The molecule has 24 heavy (non-hydrogen) atoms. The van der Waals surface area contributed by atoms with Crippen LogP contribution in [0.5, 0.6) is 0 Å². The summed E-state index contributed by atoms with van der Waals surface area (Å²) < 4.78 is 14.9. The fourth-order valence-electron chi connectivity index (χ4n) is 2.01. The van der Waals surface area contributed by atoms with Crippen molar-refractivity contribution in [3.8, 4) is 11.4 Å². The van der Waals surface area contributed by atoms with Crippen molar-refractivity contribution in [2.45, 2.75) is 17.8 Å². The van der Waals surface area contributed by atoms with E-state index in [1.165, 1.54) is 42.2 Å². The van der Waals surface area contributed by atoms with Gasteiger partial charge in [0.15, 0.2) is 16.1 Å². The minimum absolute atomic E-state index is 0.138. The molecule has 0 atom stereocenters. The molecule has 3 aromatic rings. The van der Waals surface area contributed by atoms with E-state index in [1.807, 2.05) is 17.0 Å². The molecule has 1 N–H and O–H groups in total. The predicted molar refractivity (Wildman–Crippen MR) is 92.4 cm³/mol. The van der Waals surface area contributed by atoms with E-state index in [9.17, 15) is 9.18 Å². The Bertz CT molecular complexity index is 859. The van der Waals surface area contributed by atoms with Gasteiger partial charge < -0.3 is 9.88 Å². The van der Waals surface area contributed by atoms with Gasteiger partial charge >= 0.3 is 0 Å². The zero-order valence-electron chi connectivity index (χ0n) is 13.0. The summed E-state index contributed by atoms with van der Waals surface area (Å²) in [7, 11) is 1.87. The van der Waals surface area contributed by atoms with Crippen LogP contribution in [0.25, 0.3) is 11.4 Å². The Morgan fingerprint density at radius 1 is 1.33 bits per heavy atom. The highest BCUT2D eigenvalue weighted by atomic mass is 32.2. The van der Waals surface area contributed by atoms with Crippen LogP contribution in [-0.2, 0) is 17.6 Å². The van der Waals surface area contributed by atoms with Gasteiger partial charge in [-0.05, 0) is 24.3 Å². The molecule has 0 fully saturated rings. The van der Waals surface area contributed by atoms with Crippen molar-refractivity contribution in [3.05, 3.63) is 41.2 Å². The smallest absolute Gasteiger partial charge is 0.223 e. The van der Waals surface area contributed by atoms with Crippen LogP contribution < -0.4 is 5.32 Å². The second-order valence-corrected chi connectivity index (χ2v) is 6.79. The highest BCUT2D eigenvalue weighted by molar-refractivity contribution is 7.98.